The van der Waals surface area contributed by atoms with Gasteiger partial charge in [-0.05, 0) is 60.1 Å². The first-order chi connectivity index (χ1) is 15.3. The molecule has 0 spiro atoms. The number of aliphatic carboxylic acids is 1. The van der Waals surface area contributed by atoms with Crippen molar-refractivity contribution in [1.29, 1.82) is 0 Å². The van der Waals surface area contributed by atoms with Crippen LogP contribution in [0.15, 0.2) is 48.8 Å². The lowest BCUT2D eigenvalue weighted by Crippen LogP contribution is -2.24. The first kappa shape index (κ1) is 21.7. The van der Waals surface area contributed by atoms with E-state index in [0.717, 1.165) is 16.9 Å². The number of aromatic amines is 1. The predicted molar refractivity (Wildman–Crippen MR) is 122 cm³/mol. The molecule has 1 aliphatic rings. The summed E-state index contributed by atoms with van der Waals surface area (Å²) in [5.41, 5.74) is 3.79. The topological polar surface area (TPSA) is 123 Å². The molecule has 2 atom stereocenters. The van der Waals surface area contributed by atoms with Crippen LogP contribution in [0.2, 0.25) is 0 Å². The number of aliphatic hydroxyl groups is 1. The number of rotatable bonds is 7. The minimum atomic E-state index is -1.02. The highest BCUT2D eigenvalue weighted by atomic mass is 32.1. The Bertz CT molecular complexity index is 1220. The molecule has 32 heavy (non-hydrogen) atoms. The number of carboxylic acids is 1. The number of benzene rings is 2. The molecule has 1 aliphatic carbocycles. The molecule has 2 aromatic carbocycles. The maximum Gasteiger partial charge on any atom is 0.313 e. The third-order valence-corrected chi connectivity index (χ3v) is 5.90. The Morgan fingerprint density at radius 1 is 1.31 bits per heavy atom. The Labute approximate surface area is 189 Å². The first-order valence-corrected chi connectivity index (χ1v) is 10.5. The van der Waals surface area contributed by atoms with Crippen LogP contribution in [-0.2, 0) is 16.0 Å². The largest absolute Gasteiger partial charge is 0.481 e. The monoisotopic (exact) mass is 453 g/mol. The zero-order chi connectivity index (χ0) is 22.8. The van der Waals surface area contributed by atoms with Gasteiger partial charge in [0, 0.05) is 31.4 Å². The molecule has 1 heterocycles. The van der Waals surface area contributed by atoms with Crippen molar-refractivity contribution in [2.24, 2.45) is 0 Å². The van der Waals surface area contributed by atoms with Crippen molar-refractivity contribution in [3.8, 4) is 5.69 Å². The van der Waals surface area contributed by atoms with Gasteiger partial charge in [-0.1, -0.05) is 12.1 Å². The summed E-state index contributed by atoms with van der Waals surface area (Å²) in [6.07, 6.45) is 1.24. The van der Waals surface area contributed by atoms with Crippen molar-refractivity contribution in [3.05, 3.63) is 64.7 Å². The van der Waals surface area contributed by atoms with Crippen LogP contribution in [0.1, 0.15) is 23.5 Å². The molecular weight excluding hydrogens is 430 g/mol. The van der Waals surface area contributed by atoms with E-state index in [1.54, 1.807) is 23.0 Å². The van der Waals surface area contributed by atoms with E-state index in [1.807, 2.05) is 42.3 Å². The van der Waals surface area contributed by atoms with Gasteiger partial charge in [0.15, 0.2) is 4.77 Å². The zero-order valence-electron chi connectivity index (χ0n) is 17.4. The van der Waals surface area contributed by atoms with Crippen LogP contribution >= 0.6 is 12.2 Å². The summed E-state index contributed by atoms with van der Waals surface area (Å²) in [4.78, 5) is 25.8. The van der Waals surface area contributed by atoms with E-state index in [9.17, 15) is 19.8 Å². The van der Waals surface area contributed by atoms with Gasteiger partial charge < -0.3 is 20.4 Å². The maximum atomic E-state index is 12.5. The molecule has 10 heteroatoms. The first-order valence-electron chi connectivity index (χ1n) is 10.1. The molecule has 0 saturated carbocycles. The molecule has 0 radical (unpaired) electrons. The van der Waals surface area contributed by atoms with Crippen LogP contribution < -0.4 is 10.2 Å². The van der Waals surface area contributed by atoms with Crippen molar-refractivity contribution in [3.63, 3.8) is 0 Å². The Morgan fingerprint density at radius 3 is 2.84 bits per heavy atom. The van der Waals surface area contributed by atoms with Crippen LogP contribution in [-0.4, -0.2) is 56.6 Å². The van der Waals surface area contributed by atoms with Gasteiger partial charge in [0.1, 0.15) is 12.2 Å². The highest BCUT2D eigenvalue weighted by Crippen LogP contribution is 2.35. The fourth-order valence-electron chi connectivity index (χ4n) is 3.95. The van der Waals surface area contributed by atoms with Crippen molar-refractivity contribution >= 4 is 35.5 Å². The maximum absolute atomic E-state index is 12.5. The SMILES string of the molecule is CN(CCC(=O)Nc1cccc(-n2cn[nH]c2=S)c1)c1ccc2c(c1)CC(O)C2C(=O)O. The van der Waals surface area contributed by atoms with Crippen molar-refractivity contribution in [2.75, 3.05) is 23.8 Å². The lowest BCUT2D eigenvalue weighted by molar-refractivity contribution is -0.141. The average molecular weight is 454 g/mol. The summed E-state index contributed by atoms with van der Waals surface area (Å²) >= 11 is 5.18. The number of hydrogen-bond donors (Lipinski definition) is 4. The van der Waals surface area contributed by atoms with Gasteiger partial charge >= 0.3 is 5.97 Å². The minimum Gasteiger partial charge on any atom is -0.481 e. The summed E-state index contributed by atoms with van der Waals surface area (Å²) < 4.78 is 2.17. The number of aromatic nitrogens is 3. The summed E-state index contributed by atoms with van der Waals surface area (Å²) in [7, 11) is 1.87. The average Bonchev–Trinajstić information content (AvgIpc) is 3.33. The normalized spacial score (nSPS) is 17.1. The van der Waals surface area contributed by atoms with Crippen LogP contribution in [0.4, 0.5) is 11.4 Å². The number of anilines is 2. The highest BCUT2D eigenvalue weighted by Gasteiger charge is 2.36. The molecule has 9 nitrogen and oxygen atoms in total. The lowest BCUT2D eigenvalue weighted by Gasteiger charge is -2.20. The van der Waals surface area contributed by atoms with Crippen LogP contribution in [0.3, 0.4) is 0 Å². The second-order valence-corrected chi connectivity index (χ2v) is 8.16. The molecule has 0 aliphatic heterocycles. The Kier molecular flexibility index (Phi) is 6.06. The van der Waals surface area contributed by atoms with Gasteiger partial charge in [-0.15, -0.1) is 0 Å². The number of carbonyl (C=O) groups is 2. The number of H-pyrrole nitrogens is 1. The number of hydrogen-bond acceptors (Lipinski definition) is 6. The number of aliphatic hydroxyl groups excluding tert-OH is 1. The second-order valence-electron chi connectivity index (χ2n) is 7.77. The number of nitrogens with zero attached hydrogens (tertiary/aromatic N) is 3. The van der Waals surface area contributed by atoms with Gasteiger partial charge in [0.2, 0.25) is 5.91 Å². The molecule has 3 aromatic rings. The Hall–Kier alpha value is -3.50. The summed E-state index contributed by atoms with van der Waals surface area (Å²) in [6.45, 7) is 0.474. The molecule has 0 fully saturated rings. The third kappa shape index (κ3) is 4.41. The van der Waals surface area contributed by atoms with Crippen LogP contribution in [0.25, 0.3) is 5.69 Å². The van der Waals surface area contributed by atoms with E-state index in [2.05, 4.69) is 15.5 Å². The van der Waals surface area contributed by atoms with Crippen LogP contribution in [0, 0.1) is 4.77 Å². The van der Waals surface area contributed by atoms with E-state index in [0.29, 0.717) is 29.0 Å². The Morgan fingerprint density at radius 2 is 2.12 bits per heavy atom. The van der Waals surface area contributed by atoms with Gasteiger partial charge in [-0.25, -0.2) is 0 Å². The fraction of sp³-hybridized carbons (Fsp3) is 0.273. The predicted octanol–water partition coefficient (Wildman–Crippen LogP) is 2.48. The standard InChI is InChI=1S/C22H23N5O4S/c1-26(15-5-6-17-13(9-15)10-18(28)20(17)21(30)31)8-7-19(29)24-14-3-2-4-16(11-14)27-12-23-25-22(27)32/h2-6,9,11-12,18,20,28H,7-8,10H2,1H3,(H,24,29)(H,25,32)(H,30,31). The molecule has 0 saturated heterocycles. The van der Waals surface area contributed by atoms with Gasteiger partial charge in [0.05, 0.1) is 11.8 Å². The number of amides is 1. The molecule has 4 N–H and O–H groups in total. The highest BCUT2D eigenvalue weighted by molar-refractivity contribution is 7.71. The van der Waals surface area contributed by atoms with Crippen LogP contribution in [0.5, 0.6) is 0 Å². The lowest BCUT2D eigenvalue weighted by atomic mass is 10.00. The number of carboxylic acid groups (broad SMARTS) is 1. The third-order valence-electron chi connectivity index (χ3n) is 5.62. The van der Waals surface area contributed by atoms with E-state index in [-0.39, 0.29) is 12.3 Å². The molecule has 4 rings (SSSR count). The van der Waals surface area contributed by atoms with Gasteiger partial charge in [-0.3, -0.25) is 19.3 Å². The van der Waals surface area contributed by atoms with E-state index in [1.165, 1.54) is 0 Å². The smallest absolute Gasteiger partial charge is 0.313 e. The minimum absolute atomic E-state index is 0.132. The molecule has 1 aromatic heterocycles. The number of nitrogens with one attached hydrogen (secondary N) is 2. The summed E-state index contributed by atoms with van der Waals surface area (Å²) in [6, 6.07) is 12.8. The molecule has 0 bridgehead atoms. The zero-order valence-corrected chi connectivity index (χ0v) is 18.2. The summed E-state index contributed by atoms with van der Waals surface area (Å²) in [5.74, 6) is -2.04. The number of carbonyl (C=O) groups excluding carboxylic acids is 1. The van der Waals surface area contributed by atoms with E-state index < -0.39 is 18.0 Å². The molecule has 166 valence electrons. The number of fused-ring (bicyclic) bond motifs is 1. The van der Waals surface area contributed by atoms with Crippen molar-refractivity contribution < 1.29 is 19.8 Å². The van der Waals surface area contributed by atoms with E-state index >= 15 is 0 Å². The molecular formula is C22H23N5O4S. The van der Waals surface area contributed by atoms with Gasteiger partial charge in [-0.2, -0.15) is 5.10 Å². The summed E-state index contributed by atoms with van der Waals surface area (Å²) in [5, 5.41) is 28.9. The van der Waals surface area contributed by atoms with Gasteiger partial charge in [0.25, 0.3) is 0 Å². The second kappa shape index (κ2) is 8.93. The Balaban J connectivity index is 1.37. The van der Waals surface area contributed by atoms with Crippen molar-refractivity contribution in [2.45, 2.75) is 24.9 Å². The quantitative estimate of drug-likeness (QED) is 0.405. The molecule has 2 unspecified atom stereocenters. The fourth-order valence-corrected chi connectivity index (χ4v) is 4.15. The van der Waals surface area contributed by atoms with Crippen molar-refractivity contribution in [1.82, 2.24) is 14.8 Å². The molecule has 1 amide bonds. The van der Waals surface area contributed by atoms with E-state index in [4.69, 9.17) is 12.2 Å².